The lowest BCUT2D eigenvalue weighted by Gasteiger charge is -2.37. The Morgan fingerprint density at radius 1 is 1.16 bits per heavy atom. The summed E-state index contributed by atoms with van der Waals surface area (Å²) in [4.78, 5) is 30.7. The molecule has 0 N–H and O–H groups in total. The molecule has 0 aliphatic carbocycles. The summed E-state index contributed by atoms with van der Waals surface area (Å²) < 4.78 is 10.9. The molecule has 1 atom stereocenters. The summed E-state index contributed by atoms with van der Waals surface area (Å²) >= 11 is 1.21. The van der Waals surface area contributed by atoms with Crippen molar-refractivity contribution in [1.29, 1.82) is 0 Å². The molecule has 0 radical (unpaired) electrons. The van der Waals surface area contributed by atoms with Crippen molar-refractivity contribution in [2.45, 2.75) is 18.3 Å². The van der Waals surface area contributed by atoms with Gasteiger partial charge in [0.15, 0.2) is 6.10 Å². The lowest BCUT2D eigenvalue weighted by molar-refractivity contribution is -0.154. The van der Waals surface area contributed by atoms with E-state index in [1.165, 1.54) is 11.8 Å². The molecular formula is C15H23N5O4S. The van der Waals surface area contributed by atoms with Crippen LogP contribution in [-0.2, 0) is 14.3 Å². The van der Waals surface area contributed by atoms with Gasteiger partial charge in [-0.05, 0) is 7.05 Å². The Morgan fingerprint density at radius 2 is 1.92 bits per heavy atom. The summed E-state index contributed by atoms with van der Waals surface area (Å²) in [7, 11) is 2.04. The maximum absolute atomic E-state index is 12.6. The van der Waals surface area contributed by atoms with Crippen molar-refractivity contribution in [3.63, 3.8) is 0 Å². The van der Waals surface area contributed by atoms with Crippen molar-refractivity contribution in [1.82, 2.24) is 24.9 Å². The largest absolute Gasteiger partial charge is 0.416 e. The van der Waals surface area contributed by atoms with Crippen LogP contribution in [0.1, 0.15) is 5.89 Å². The van der Waals surface area contributed by atoms with Crippen LogP contribution in [0.25, 0.3) is 0 Å². The molecule has 10 heteroatoms. The predicted octanol–water partition coefficient (Wildman–Crippen LogP) is -0.528. The van der Waals surface area contributed by atoms with Crippen LogP contribution in [0.15, 0.2) is 9.64 Å². The van der Waals surface area contributed by atoms with Gasteiger partial charge in [-0.1, -0.05) is 11.8 Å². The van der Waals surface area contributed by atoms with Gasteiger partial charge >= 0.3 is 0 Å². The van der Waals surface area contributed by atoms with E-state index in [1.807, 2.05) is 11.9 Å². The topological polar surface area (TPSA) is 92.0 Å². The third-order valence-corrected chi connectivity index (χ3v) is 5.14. The molecule has 2 amide bonds. The summed E-state index contributed by atoms with van der Waals surface area (Å²) in [5, 5.41) is 7.97. The lowest BCUT2D eigenvalue weighted by atomic mass is 10.2. The highest BCUT2D eigenvalue weighted by atomic mass is 32.2. The van der Waals surface area contributed by atoms with E-state index in [4.69, 9.17) is 9.15 Å². The van der Waals surface area contributed by atoms with Crippen LogP contribution in [0.2, 0.25) is 0 Å². The first-order valence-corrected chi connectivity index (χ1v) is 9.31. The van der Waals surface area contributed by atoms with Gasteiger partial charge in [0.05, 0.1) is 18.9 Å². The van der Waals surface area contributed by atoms with Gasteiger partial charge in [-0.25, -0.2) is 0 Å². The Hall–Kier alpha value is -1.65. The summed E-state index contributed by atoms with van der Waals surface area (Å²) in [5.41, 5.74) is 0. The molecule has 0 spiro atoms. The molecule has 0 bridgehead atoms. The van der Waals surface area contributed by atoms with Gasteiger partial charge in [0.25, 0.3) is 11.1 Å². The SMILES string of the molecule is Cc1nnc(SCC(=O)N2CCO[C@H](C(=O)N3CCN(C)CC3)C2)o1. The van der Waals surface area contributed by atoms with Gasteiger partial charge < -0.3 is 23.9 Å². The molecule has 0 saturated carbocycles. The van der Waals surface area contributed by atoms with Gasteiger partial charge in [-0.2, -0.15) is 0 Å². The maximum atomic E-state index is 12.6. The van der Waals surface area contributed by atoms with E-state index < -0.39 is 6.10 Å². The van der Waals surface area contributed by atoms with E-state index in [0.717, 1.165) is 13.1 Å². The number of aromatic nitrogens is 2. The predicted molar refractivity (Wildman–Crippen MR) is 90.2 cm³/mol. The fraction of sp³-hybridized carbons (Fsp3) is 0.733. The molecule has 0 aromatic carbocycles. The van der Waals surface area contributed by atoms with Gasteiger partial charge in [0.2, 0.25) is 11.8 Å². The number of rotatable bonds is 4. The quantitative estimate of drug-likeness (QED) is 0.654. The number of amides is 2. The van der Waals surface area contributed by atoms with Crippen molar-refractivity contribution in [2.75, 3.05) is 58.7 Å². The van der Waals surface area contributed by atoms with Crippen LogP contribution in [0.5, 0.6) is 0 Å². The van der Waals surface area contributed by atoms with Crippen molar-refractivity contribution < 1.29 is 18.7 Å². The van der Waals surface area contributed by atoms with Crippen molar-refractivity contribution in [3.05, 3.63) is 5.89 Å². The van der Waals surface area contributed by atoms with Crippen molar-refractivity contribution in [2.24, 2.45) is 0 Å². The van der Waals surface area contributed by atoms with E-state index in [-0.39, 0.29) is 17.6 Å². The molecule has 0 unspecified atom stereocenters. The minimum atomic E-state index is -0.572. The first-order chi connectivity index (χ1) is 12.0. The van der Waals surface area contributed by atoms with Crippen LogP contribution < -0.4 is 0 Å². The molecule has 25 heavy (non-hydrogen) atoms. The Labute approximate surface area is 150 Å². The van der Waals surface area contributed by atoms with Gasteiger partial charge in [-0.15, -0.1) is 10.2 Å². The third kappa shape index (κ3) is 4.71. The zero-order chi connectivity index (χ0) is 17.8. The molecule has 1 aromatic rings. The Balaban J connectivity index is 1.49. The molecule has 1 aromatic heterocycles. The molecule has 9 nitrogen and oxygen atoms in total. The summed E-state index contributed by atoms with van der Waals surface area (Å²) in [6.07, 6.45) is -0.572. The number of carbonyl (C=O) groups is 2. The number of carbonyl (C=O) groups excluding carboxylic acids is 2. The van der Waals surface area contributed by atoms with Gasteiger partial charge in [0.1, 0.15) is 0 Å². The van der Waals surface area contributed by atoms with E-state index in [0.29, 0.717) is 43.9 Å². The first-order valence-electron chi connectivity index (χ1n) is 8.32. The number of hydrogen-bond acceptors (Lipinski definition) is 8. The van der Waals surface area contributed by atoms with Gasteiger partial charge in [0, 0.05) is 39.6 Å². The highest BCUT2D eigenvalue weighted by Gasteiger charge is 2.33. The summed E-state index contributed by atoms with van der Waals surface area (Å²) in [6.45, 7) is 6.01. The zero-order valence-electron chi connectivity index (χ0n) is 14.5. The monoisotopic (exact) mass is 369 g/mol. The number of morpholine rings is 1. The fourth-order valence-electron chi connectivity index (χ4n) is 2.81. The van der Waals surface area contributed by atoms with E-state index in [2.05, 4.69) is 15.1 Å². The molecule has 2 aliphatic heterocycles. The van der Waals surface area contributed by atoms with Crippen molar-refractivity contribution >= 4 is 23.6 Å². The molecule has 3 heterocycles. The van der Waals surface area contributed by atoms with Crippen LogP contribution >= 0.6 is 11.8 Å². The normalized spacial score (nSPS) is 22.2. The van der Waals surface area contributed by atoms with Crippen molar-refractivity contribution in [3.8, 4) is 0 Å². The second-order valence-electron chi connectivity index (χ2n) is 6.20. The molecule has 2 fully saturated rings. The van der Waals surface area contributed by atoms with Crippen LogP contribution in [-0.4, -0.2) is 101 Å². The van der Waals surface area contributed by atoms with E-state index in [1.54, 1.807) is 11.8 Å². The molecule has 3 rings (SSSR count). The number of aryl methyl sites for hydroxylation is 1. The fourth-order valence-corrected chi connectivity index (χ4v) is 3.51. The standard InChI is InChI=1S/C15H23N5O4S/c1-11-16-17-15(24-11)25-10-13(21)20-7-8-23-12(9-20)14(22)19-5-3-18(2)4-6-19/h12H,3-10H2,1-2H3/t12-/m0/s1. The summed E-state index contributed by atoms with van der Waals surface area (Å²) in [5.74, 6) is 0.599. The first kappa shape index (κ1) is 18.2. The number of ether oxygens (including phenoxy) is 1. The molecule has 2 saturated heterocycles. The minimum absolute atomic E-state index is 0.0224. The second-order valence-corrected chi connectivity index (χ2v) is 7.13. The van der Waals surface area contributed by atoms with E-state index in [9.17, 15) is 9.59 Å². The Morgan fingerprint density at radius 3 is 2.60 bits per heavy atom. The minimum Gasteiger partial charge on any atom is -0.416 e. The van der Waals surface area contributed by atoms with Gasteiger partial charge in [-0.3, -0.25) is 9.59 Å². The molecule has 2 aliphatic rings. The molecule has 138 valence electrons. The highest BCUT2D eigenvalue weighted by molar-refractivity contribution is 7.99. The maximum Gasteiger partial charge on any atom is 0.277 e. The number of piperazine rings is 1. The lowest BCUT2D eigenvalue weighted by Crippen LogP contribution is -2.56. The smallest absolute Gasteiger partial charge is 0.277 e. The Kier molecular flexibility index (Phi) is 5.92. The average Bonchev–Trinajstić information content (AvgIpc) is 3.05. The highest BCUT2D eigenvalue weighted by Crippen LogP contribution is 2.18. The number of thioether (sulfide) groups is 1. The molecular weight excluding hydrogens is 346 g/mol. The van der Waals surface area contributed by atoms with Crippen LogP contribution in [0, 0.1) is 6.92 Å². The average molecular weight is 369 g/mol. The summed E-state index contributed by atoms with van der Waals surface area (Å²) in [6, 6.07) is 0. The number of nitrogens with zero attached hydrogens (tertiary/aromatic N) is 5. The van der Waals surface area contributed by atoms with Crippen LogP contribution in [0.4, 0.5) is 0 Å². The zero-order valence-corrected chi connectivity index (χ0v) is 15.3. The van der Waals surface area contributed by atoms with Crippen LogP contribution in [0.3, 0.4) is 0 Å². The third-order valence-electron chi connectivity index (χ3n) is 4.34. The number of hydrogen-bond donors (Lipinski definition) is 0. The number of likely N-dealkylation sites (N-methyl/N-ethyl adjacent to an activating group) is 1. The second kappa shape index (κ2) is 8.15. The Bertz CT molecular complexity index is 617. The van der Waals surface area contributed by atoms with E-state index >= 15 is 0 Å².